The smallest absolute Gasteiger partial charge is 0.407 e. The van der Waals surface area contributed by atoms with Crippen LogP contribution in [0, 0.1) is 6.92 Å². The van der Waals surface area contributed by atoms with Crippen LogP contribution in [0.25, 0.3) is 0 Å². The zero-order valence-electron chi connectivity index (χ0n) is 18.2. The Morgan fingerprint density at radius 1 is 1.10 bits per heavy atom. The molecule has 1 fully saturated rings. The van der Waals surface area contributed by atoms with E-state index in [2.05, 4.69) is 5.32 Å². The SMILES string of the molecule is Cc1ccc(N2C(=O)[C@@H](OCc3ccccc3)[C@H]2[C@H](C)NC(=O)OC(C)(C)C)cc1. The number of hydrogen-bond donors (Lipinski definition) is 1. The zero-order chi connectivity index (χ0) is 21.9. The van der Waals surface area contributed by atoms with Crippen LogP contribution in [0.2, 0.25) is 0 Å². The van der Waals surface area contributed by atoms with Crippen molar-refractivity contribution in [3.8, 4) is 0 Å². The van der Waals surface area contributed by atoms with Gasteiger partial charge in [0.1, 0.15) is 5.60 Å². The minimum atomic E-state index is -0.642. The largest absolute Gasteiger partial charge is 0.444 e. The molecule has 0 unspecified atom stereocenters. The third kappa shape index (κ3) is 5.19. The second-order valence-corrected chi connectivity index (χ2v) is 8.69. The lowest BCUT2D eigenvalue weighted by atomic mass is 9.90. The number of carbonyl (C=O) groups is 2. The van der Waals surface area contributed by atoms with Crippen molar-refractivity contribution in [2.24, 2.45) is 0 Å². The predicted molar refractivity (Wildman–Crippen MR) is 116 cm³/mol. The minimum absolute atomic E-state index is 0.113. The monoisotopic (exact) mass is 410 g/mol. The molecule has 0 spiro atoms. The second kappa shape index (κ2) is 8.88. The molecular weight excluding hydrogens is 380 g/mol. The summed E-state index contributed by atoms with van der Waals surface area (Å²) >= 11 is 0. The van der Waals surface area contributed by atoms with Gasteiger partial charge < -0.3 is 19.7 Å². The fraction of sp³-hybridized carbons (Fsp3) is 0.417. The van der Waals surface area contributed by atoms with Crippen molar-refractivity contribution in [3.05, 3.63) is 65.7 Å². The molecule has 3 rings (SSSR count). The number of benzene rings is 2. The average molecular weight is 411 g/mol. The van der Waals surface area contributed by atoms with Crippen LogP contribution in [0.15, 0.2) is 54.6 Å². The standard InChI is InChI=1S/C24H30N2O4/c1-16-11-13-19(14-12-16)26-20(17(2)25-23(28)30-24(3,4)5)21(22(26)27)29-15-18-9-7-6-8-10-18/h6-14,17,20-21H,15H2,1-5H3,(H,25,28)/t17-,20+,21-/m0/s1. The Kier molecular flexibility index (Phi) is 6.46. The van der Waals surface area contributed by atoms with E-state index in [4.69, 9.17) is 9.47 Å². The van der Waals surface area contributed by atoms with E-state index in [1.54, 1.807) is 4.90 Å². The van der Waals surface area contributed by atoms with E-state index in [9.17, 15) is 9.59 Å². The molecule has 0 radical (unpaired) electrons. The molecule has 160 valence electrons. The number of hydrogen-bond acceptors (Lipinski definition) is 4. The van der Waals surface area contributed by atoms with Crippen LogP contribution in [0.3, 0.4) is 0 Å². The number of alkyl carbamates (subject to hydrolysis) is 1. The Morgan fingerprint density at radius 3 is 2.33 bits per heavy atom. The Balaban J connectivity index is 1.76. The van der Waals surface area contributed by atoms with Crippen molar-refractivity contribution >= 4 is 17.7 Å². The maximum absolute atomic E-state index is 13.0. The summed E-state index contributed by atoms with van der Waals surface area (Å²) in [4.78, 5) is 26.9. The van der Waals surface area contributed by atoms with E-state index in [1.807, 2.05) is 89.2 Å². The summed E-state index contributed by atoms with van der Waals surface area (Å²) in [5, 5.41) is 2.86. The summed E-state index contributed by atoms with van der Waals surface area (Å²) in [6, 6.07) is 16.8. The van der Waals surface area contributed by atoms with Gasteiger partial charge in [0.15, 0.2) is 6.10 Å². The normalized spacial score (nSPS) is 19.8. The molecule has 6 nitrogen and oxygen atoms in total. The van der Waals surface area contributed by atoms with E-state index < -0.39 is 17.8 Å². The quantitative estimate of drug-likeness (QED) is 0.725. The third-order valence-electron chi connectivity index (χ3n) is 4.93. The Morgan fingerprint density at radius 2 is 1.73 bits per heavy atom. The molecule has 2 aromatic rings. The number of rotatable bonds is 6. The lowest BCUT2D eigenvalue weighted by molar-refractivity contribution is -0.144. The summed E-state index contributed by atoms with van der Waals surface area (Å²) in [5.74, 6) is -0.113. The zero-order valence-corrected chi connectivity index (χ0v) is 18.2. The first kappa shape index (κ1) is 21.8. The van der Waals surface area contributed by atoms with Crippen LogP contribution in [-0.2, 0) is 20.9 Å². The summed E-state index contributed by atoms with van der Waals surface area (Å²) in [5.41, 5.74) is 2.29. The summed E-state index contributed by atoms with van der Waals surface area (Å²) in [6.45, 7) is 9.63. The number of β-lactam (4-membered cyclic amide) rings is 1. The van der Waals surface area contributed by atoms with Gasteiger partial charge in [-0.3, -0.25) is 4.79 Å². The van der Waals surface area contributed by atoms with E-state index in [1.165, 1.54) is 0 Å². The molecule has 1 heterocycles. The highest BCUT2D eigenvalue weighted by molar-refractivity contribution is 6.05. The molecule has 1 aliphatic rings. The van der Waals surface area contributed by atoms with Gasteiger partial charge >= 0.3 is 6.09 Å². The van der Waals surface area contributed by atoms with E-state index in [0.29, 0.717) is 6.61 Å². The molecule has 0 bridgehead atoms. The van der Waals surface area contributed by atoms with Crippen LogP contribution in [0.1, 0.15) is 38.8 Å². The third-order valence-corrected chi connectivity index (χ3v) is 4.93. The van der Waals surface area contributed by atoms with Crippen molar-refractivity contribution < 1.29 is 19.1 Å². The Hall–Kier alpha value is -2.86. The fourth-order valence-electron chi connectivity index (χ4n) is 3.48. The molecule has 3 atom stereocenters. The first-order valence-corrected chi connectivity index (χ1v) is 10.2. The topological polar surface area (TPSA) is 67.9 Å². The molecule has 1 saturated heterocycles. The summed E-state index contributed by atoms with van der Waals surface area (Å²) in [6.07, 6.45) is -1.16. The fourth-order valence-corrected chi connectivity index (χ4v) is 3.48. The molecule has 0 aromatic heterocycles. The van der Waals surface area contributed by atoms with Gasteiger partial charge in [-0.2, -0.15) is 0 Å². The Bertz CT molecular complexity index is 874. The van der Waals surface area contributed by atoms with Crippen LogP contribution >= 0.6 is 0 Å². The van der Waals surface area contributed by atoms with E-state index in [-0.39, 0.29) is 18.0 Å². The number of carbonyl (C=O) groups excluding carboxylic acids is 2. The molecule has 1 aliphatic heterocycles. The highest BCUT2D eigenvalue weighted by atomic mass is 16.6. The van der Waals surface area contributed by atoms with E-state index >= 15 is 0 Å². The molecule has 6 heteroatoms. The van der Waals surface area contributed by atoms with Crippen molar-refractivity contribution in [1.29, 1.82) is 0 Å². The molecule has 30 heavy (non-hydrogen) atoms. The average Bonchev–Trinajstić information content (AvgIpc) is 2.66. The Labute approximate surface area is 178 Å². The molecule has 2 amide bonds. The van der Waals surface area contributed by atoms with Gasteiger partial charge in [-0.25, -0.2) is 4.79 Å². The molecule has 2 aromatic carbocycles. The predicted octanol–water partition coefficient (Wildman–Crippen LogP) is 4.21. The minimum Gasteiger partial charge on any atom is -0.444 e. The molecule has 0 aliphatic carbocycles. The number of nitrogens with zero attached hydrogens (tertiary/aromatic N) is 1. The number of nitrogens with one attached hydrogen (secondary N) is 1. The molecule has 0 saturated carbocycles. The van der Waals surface area contributed by atoms with Gasteiger partial charge in [-0.05, 0) is 52.3 Å². The lowest BCUT2D eigenvalue weighted by Gasteiger charge is -2.49. The number of ether oxygens (including phenoxy) is 2. The number of aryl methyl sites for hydroxylation is 1. The first-order chi connectivity index (χ1) is 14.2. The highest BCUT2D eigenvalue weighted by Gasteiger charge is 2.52. The van der Waals surface area contributed by atoms with Crippen LogP contribution in [-0.4, -0.2) is 35.8 Å². The summed E-state index contributed by atoms with van der Waals surface area (Å²) < 4.78 is 11.4. The second-order valence-electron chi connectivity index (χ2n) is 8.69. The van der Waals surface area contributed by atoms with Gasteiger partial charge in [0.2, 0.25) is 0 Å². The van der Waals surface area contributed by atoms with Gasteiger partial charge in [0.25, 0.3) is 5.91 Å². The van der Waals surface area contributed by atoms with Crippen molar-refractivity contribution in [3.63, 3.8) is 0 Å². The maximum atomic E-state index is 13.0. The lowest BCUT2D eigenvalue weighted by Crippen LogP contribution is -2.72. The van der Waals surface area contributed by atoms with Crippen molar-refractivity contribution in [1.82, 2.24) is 5.32 Å². The van der Waals surface area contributed by atoms with Crippen molar-refractivity contribution in [2.45, 2.75) is 65.0 Å². The van der Waals surface area contributed by atoms with Gasteiger partial charge in [-0.1, -0.05) is 48.0 Å². The van der Waals surface area contributed by atoms with Gasteiger partial charge in [-0.15, -0.1) is 0 Å². The van der Waals surface area contributed by atoms with Gasteiger partial charge in [0, 0.05) is 5.69 Å². The molecule has 1 N–H and O–H groups in total. The van der Waals surface area contributed by atoms with E-state index in [0.717, 1.165) is 16.8 Å². The van der Waals surface area contributed by atoms with Crippen LogP contribution in [0.5, 0.6) is 0 Å². The number of amides is 2. The molecular formula is C24H30N2O4. The maximum Gasteiger partial charge on any atom is 0.407 e. The first-order valence-electron chi connectivity index (χ1n) is 10.2. The van der Waals surface area contributed by atoms with Crippen molar-refractivity contribution in [2.75, 3.05) is 4.90 Å². The van der Waals surface area contributed by atoms with Crippen LogP contribution in [0.4, 0.5) is 10.5 Å². The summed E-state index contributed by atoms with van der Waals surface area (Å²) in [7, 11) is 0. The highest BCUT2D eigenvalue weighted by Crippen LogP contribution is 2.33. The van der Waals surface area contributed by atoms with Gasteiger partial charge in [0.05, 0.1) is 18.7 Å². The number of anilines is 1. The van der Waals surface area contributed by atoms with Crippen LogP contribution < -0.4 is 10.2 Å².